The fraction of sp³-hybridized carbons (Fsp3) is 0.208. The number of rotatable bonds is 4. The van der Waals surface area contributed by atoms with E-state index >= 15 is 0 Å². The predicted molar refractivity (Wildman–Crippen MR) is 115 cm³/mol. The van der Waals surface area contributed by atoms with Crippen LogP contribution in [-0.4, -0.2) is 26.2 Å². The van der Waals surface area contributed by atoms with Crippen LogP contribution in [0.15, 0.2) is 65.1 Å². The summed E-state index contributed by atoms with van der Waals surface area (Å²) in [6, 6.07) is 13.3. The highest BCUT2D eigenvalue weighted by Gasteiger charge is 2.43. The van der Waals surface area contributed by atoms with Crippen molar-refractivity contribution in [3.05, 3.63) is 87.6 Å². The van der Waals surface area contributed by atoms with E-state index in [1.54, 1.807) is 44.2 Å². The highest BCUT2D eigenvalue weighted by atomic mass is 19.1. The highest BCUT2D eigenvalue weighted by Crippen LogP contribution is 2.44. The van der Waals surface area contributed by atoms with Crippen LogP contribution in [0.2, 0.25) is 0 Å². The fourth-order valence-corrected chi connectivity index (χ4v) is 4.00. The zero-order chi connectivity index (χ0) is 23.6. The maximum absolute atomic E-state index is 14.0. The van der Waals surface area contributed by atoms with E-state index in [0.717, 1.165) is 0 Å². The van der Waals surface area contributed by atoms with E-state index in [9.17, 15) is 19.2 Å². The number of nitriles is 1. The van der Waals surface area contributed by atoms with Crippen molar-refractivity contribution in [2.75, 3.05) is 19.1 Å². The standard InChI is InChI=1S/C24H22FN3O4/c1-13-10-16(25)11-14(2)20(13)28-21(24(30)32-4)19(23(29)31-3)18(17(12-26)22(28)27)15-8-6-5-7-9-15/h5-11,18H,27H2,1-4H3. The first-order chi connectivity index (χ1) is 15.3. The van der Waals surface area contributed by atoms with Crippen molar-refractivity contribution < 1.29 is 23.5 Å². The lowest BCUT2D eigenvalue weighted by molar-refractivity contribution is -0.139. The molecule has 0 bridgehead atoms. The molecule has 1 aliphatic heterocycles. The van der Waals surface area contributed by atoms with Crippen LogP contribution >= 0.6 is 0 Å². The Morgan fingerprint density at radius 3 is 2.12 bits per heavy atom. The van der Waals surface area contributed by atoms with E-state index in [1.807, 2.05) is 0 Å². The maximum atomic E-state index is 14.0. The summed E-state index contributed by atoms with van der Waals surface area (Å²) >= 11 is 0. The lowest BCUT2D eigenvalue weighted by Crippen LogP contribution is -2.41. The van der Waals surface area contributed by atoms with Gasteiger partial charge in [-0.25, -0.2) is 14.0 Å². The SMILES string of the molecule is COC(=O)C1=C(C(=O)OC)N(c2c(C)cc(F)cc2C)C(N)=C(C#N)C1c1ccccc1. The second kappa shape index (κ2) is 8.94. The topological polar surface area (TPSA) is 106 Å². The van der Waals surface area contributed by atoms with Gasteiger partial charge in [0.25, 0.3) is 0 Å². The summed E-state index contributed by atoms with van der Waals surface area (Å²) in [5.41, 5.74) is 8.05. The molecule has 0 saturated carbocycles. The van der Waals surface area contributed by atoms with E-state index in [-0.39, 0.29) is 22.7 Å². The molecular weight excluding hydrogens is 413 g/mol. The van der Waals surface area contributed by atoms with Crippen LogP contribution in [0.3, 0.4) is 0 Å². The number of hydrogen-bond donors (Lipinski definition) is 1. The Morgan fingerprint density at radius 2 is 1.62 bits per heavy atom. The Kier molecular flexibility index (Phi) is 6.30. The number of allylic oxidation sites excluding steroid dienone is 1. The summed E-state index contributed by atoms with van der Waals surface area (Å²) in [7, 11) is 2.35. The number of carbonyl (C=O) groups excluding carboxylic acids is 2. The second-order valence-electron chi connectivity index (χ2n) is 7.22. The molecule has 0 spiro atoms. The van der Waals surface area contributed by atoms with Crippen molar-refractivity contribution in [1.82, 2.24) is 0 Å². The molecule has 0 aliphatic carbocycles. The van der Waals surface area contributed by atoms with Gasteiger partial charge in [0.1, 0.15) is 17.3 Å². The van der Waals surface area contributed by atoms with Gasteiger partial charge < -0.3 is 15.2 Å². The van der Waals surface area contributed by atoms with Crippen molar-refractivity contribution in [2.24, 2.45) is 5.73 Å². The maximum Gasteiger partial charge on any atom is 0.355 e. The molecule has 0 saturated heterocycles. The molecule has 0 fully saturated rings. The molecule has 2 N–H and O–H groups in total. The summed E-state index contributed by atoms with van der Waals surface area (Å²) in [6.07, 6.45) is 0. The number of esters is 2. The number of carbonyl (C=O) groups is 2. The van der Waals surface area contributed by atoms with Gasteiger partial charge in [-0.1, -0.05) is 30.3 Å². The van der Waals surface area contributed by atoms with Crippen LogP contribution < -0.4 is 10.6 Å². The van der Waals surface area contributed by atoms with Crippen molar-refractivity contribution >= 4 is 17.6 Å². The molecular formula is C24H22FN3O4. The Bertz CT molecular complexity index is 1170. The van der Waals surface area contributed by atoms with E-state index in [2.05, 4.69) is 6.07 Å². The number of aryl methyl sites for hydroxylation is 2. The van der Waals surface area contributed by atoms with Gasteiger partial charge in [0.05, 0.1) is 43.0 Å². The van der Waals surface area contributed by atoms with E-state index in [1.165, 1.54) is 31.3 Å². The molecule has 2 aromatic rings. The number of hydrogen-bond acceptors (Lipinski definition) is 7. The zero-order valence-electron chi connectivity index (χ0n) is 18.1. The smallest absolute Gasteiger partial charge is 0.355 e. The molecule has 0 amide bonds. The fourth-order valence-electron chi connectivity index (χ4n) is 4.00. The number of benzene rings is 2. The lowest BCUT2D eigenvalue weighted by Gasteiger charge is -2.37. The van der Waals surface area contributed by atoms with Gasteiger partial charge in [-0.05, 0) is 42.7 Å². The van der Waals surface area contributed by atoms with Gasteiger partial charge in [-0.2, -0.15) is 5.26 Å². The predicted octanol–water partition coefficient (Wildman–Crippen LogP) is 3.34. The Labute approximate surface area is 185 Å². The van der Waals surface area contributed by atoms with Gasteiger partial charge in [-0.15, -0.1) is 0 Å². The summed E-state index contributed by atoms with van der Waals surface area (Å²) in [5, 5.41) is 10.0. The first kappa shape index (κ1) is 22.6. The normalized spacial score (nSPS) is 16.0. The Balaban J connectivity index is 2.48. The number of anilines is 1. The van der Waals surface area contributed by atoms with E-state index in [0.29, 0.717) is 22.4 Å². The summed E-state index contributed by atoms with van der Waals surface area (Å²) in [6.45, 7) is 3.28. The van der Waals surface area contributed by atoms with Crippen LogP contribution in [0.4, 0.5) is 10.1 Å². The number of nitrogens with zero attached hydrogens (tertiary/aromatic N) is 2. The number of methoxy groups -OCH3 is 2. The van der Waals surface area contributed by atoms with Crippen molar-refractivity contribution in [1.29, 1.82) is 5.26 Å². The van der Waals surface area contributed by atoms with Crippen LogP contribution in [-0.2, 0) is 19.1 Å². The van der Waals surface area contributed by atoms with Crippen LogP contribution in [0.1, 0.15) is 22.6 Å². The molecule has 0 aromatic heterocycles. The minimum Gasteiger partial charge on any atom is -0.466 e. The third kappa shape index (κ3) is 3.69. The average molecular weight is 435 g/mol. The lowest BCUT2D eigenvalue weighted by atomic mass is 9.80. The van der Waals surface area contributed by atoms with Gasteiger partial charge in [0.15, 0.2) is 0 Å². The van der Waals surface area contributed by atoms with Crippen molar-refractivity contribution in [3.8, 4) is 6.07 Å². The van der Waals surface area contributed by atoms with Gasteiger partial charge in [-0.3, -0.25) is 4.90 Å². The Morgan fingerprint density at radius 1 is 1.06 bits per heavy atom. The van der Waals surface area contributed by atoms with Crippen LogP contribution in [0, 0.1) is 31.0 Å². The van der Waals surface area contributed by atoms with Crippen molar-refractivity contribution in [2.45, 2.75) is 19.8 Å². The van der Waals surface area contributed by atoms with Crippen molar-refractivity contribution in [3.63, 3.8) is 0 Å². The summed E-state index contributed by atoms with van der Waals surface area (Å²) in [4.78, 5) is 27.3. The summed E-state index contributed by atoms with van der Waals surface area (Å²) in [5.74, 6) is -3.16. The first-order valence-corrected chi connectivity index (χ1v) is 9.69. The number of ether oxygens (including phenoxy) is 2. The molecule has 32 heavy (non-hydrogen) atoms. The molecule has 1 unspecified atom stereocenters. The number of nitrogens with two attached hydrogens (primary N) is 1. The van der Waals surface area contributed by atoms with Gasteiger partial charge >= 0.3 is 11.9 Å². The minimum absolute atomic E-state index is 0.0485. The molecule has 3 rings (SSSR count). The van der Waals surface area contributed by atoms with Gasteiger partial charge in [0.2, 0.25) is 0 Å². The molecule has 1 atom stereocenters. The number of halogens is 1. The minimum atomic E-state index is -0.958. The third-order valence-electron chi connectivity index (χ3n) is 5.29. The molecule has 7 nitrogen and oxygen atoms in total. The van der Waals surface area contributed by atoms with E-state index < -0.39 is 23.7 Å². The highest BCUT2D eigenvalue weighted by molar-refractivity contribution is 6.06. The third-order valence-corrected chi connectivity index (χ3v) is 5.29. The zero-order valence-corrected chi connectivity index (χ0v) is 18.1. The monoisotopic (exact) mass is 435 g/mol. The van der Waals surface area contributed by atoms with Crippen LogP contribution in [0.5, 0.6) is 0 Å². The summed E-state index contributed by atoms with van der Waals surface area (Å²) < 4.78 is 24.0. The molecule has 8 heteroatoms. The largest absolute Gasteiger partial charge is 0.466 e. The van der Waals surface area contributed by atoms with Crippen LogP contribution in [0.25, 0.3) is 0 Å². The molecule has 1 heterocycles. The quantitative estimate of drug-likeness (QED) is 0.734. The second-order valence-corrected chi connectivity index (χ2v) is 7.22. The molecule has 164 valence electrons. The molecule has 1 aliphatic rings. The molecule has 2 aromatic carbocycles. The average Bonchev–Trinajstić information content (AvgIpc) is 2.78. The Hall–Kier alpha value is -4.12. The van der Waals surface area contributed by atoms with E-state index in [4.69, 9.17) is 15.2 Å². The van der Waals surface area contributed by atoms with Gasteiger partial charge in [0, 0.05) is 0 Å². The first-order valence-electron chi connectivity index (χ1n) is 9.69. The molecule has 0 radical (unpaired) electrons.